The monoisotopic (exact) mass is 447 g/mol. The molecule has 1 saturated heterocycles. The highest BCUT2D eigenvalue weighted by molar-refractivity contribution is 6.07. The predicted octanol–water partition coefficient (Wildman–Crippen LogP) is 5.98. The second-order valence-corrected chi connectivity index (χ2v) is 8.71. The number of rotatable bonds is 5. The van der Waals surface area contributed by atoms with Crippen molar-refractivity contribution in [2.24, 2.45) is 0 Å². The largest absolute Gasteiger partial charge is 0.340 e. The Hall–Kier alpha value is -1.26. The van der Waals surface area contributed by atoms with Crippen LogP contribution in [0.3, 0.4) is 0 Å². The summed E-state index contributed by atoms with van der Waals surface area (Å²) in [4.78, 5) is 5.47. The van der Waals surface area contributed by atoms with Crippen LogP contribution in [0.4, 0.5) is 0 Å². The van der Waals surface area contributed by atoms with Gasteiger partial charge in [0.05, 0.1) is 0 Å². The summed E-state index contributed by atoms with van der Waals surface area (Å²) in [6.07, 6.45) is 8.46. The number of aromatic nitrogens is 1. The summed E-state index contributed by atoms with van der Waals surface area (Å²) < 4.78 is 2.53. The minimum atomic E-state index is 0. The first kappa shape index (κ1) is 23.4. The first-order valence-corrected chi connectivity index (χ1v) is 11.3. The first-order valence-electron chi connectivity index (χ1n) is 11.3. The summed E-state index contributed by atoms with van der Waals surface area (Å²) in [7, 11) is 0. The first-order chi connectivity index (χ1) is 13.9. The number of halogens is 2. The normalized spacial score (nSPS) is 18.9. The Kier molecular flexibility index (Phi) is 8.47. The van der Waals surface area contributed by atoms with Crippen molar-refractivity contribution in [1.82, 2.24) is 14.4 Å². The molecular formula is C25H35Cl2N3. The maximum Gasteiger partial charge on any atom is 0.0491 e. The quantitative estimate of drug-likeness (QED) is 0.476. The molecule has 0 radical (unpaired) electrons. The highest BCUT2D eigenvalue weighted by Crippen LogP contribution is 2.29. The van der Waals surface area contributed by atoms with Crippen LogP contribution in [-0.4, -0.2) is 53.1 Å². The fraction of sp³-hybridized carbons (Fsp3) is 0.520. The molecule has 30 heavy (non-hydrogen) atoms. The summed E-state index contributed by atoms with van der Waals surface area (Å²) in [5.74, 6) is 0. The van der Waals surface area contributed by atoms with Crippen LogP contribution >= 0.6 is 24.8 Å². The highest BCUT2D eigenvalue weighted by Gasteiger charge is 2.24. The van der Waals surface area contributed by atoms with Crippen LogP contribution in [0.1, 0.15) is 38.5 Å². The number of para-hydroxylation sites is 2. The minimum Gasteiger partial charge on any atom is -0.340 e. The molecule has 3 nitrogen and oxygen atoms in total. The van der Waals surface area contributed by atoms with E-state index < -0.39 is 0 Å². The molecule has 1 aliphatic carbocycles. The van der Waals surface area contributed by atoms with Crippen LogP contribution in [0.5, 0.6) is 0 Å². The molecular weight excluding hydrogens is 413 g/mol. The standard InChI is InChI=1S/C25H33N3.2ClH/c1-2-9-21(10-3-1)27-19-17-26(18-20-27)15-8-16-28-24-13-6-4-11-22(24)23-12-5-7-14-25(23)28;;/h4-7,11-14,21H,1-3,8-10,15-20H2;2*1H. The van der Waals surface area contributed by atoms with Gasteiger partial charge in [-0.25, -0.2) is 0 Å². The number of aryl methyl sites for hydroxylation is 1. The van der Waals surface area contributed by atoms with E-state index in [1.807, 2.05) is 0 Å². The van der Waals surface area contributed by atoms with Crippen molar-refractivity contribution in [1.29, 1.82) is 0 Å². The van der Waals surface area contributed by atoms with Crippen LogP contribution in [0.2, 0.25) is 0 Å². The van der Waals surface area contributed by atoms with E-state index in [4.69, 9.17) is 0 Å². The number of benzene rings is 2. The van der Waals surface area contributed by atoms with Crippen molar-refractivity contribution in [2.75, 3.05) is 32.7 Å². The average molecular weight is 448 g/mol. The zero-order valence-corrected chi connectivity index (χ0v) is 19.5. The van der Waals surface area contributed by atoms with Crippen LogP contribution in [0.25, 0.3) is 21.8 Å². The molecule has 5 rings (SSSR count). The zero-order chi connectivity index (χ0) is 18.8. The molecule has 164 valence electrons. The number of hydrogen-bond donors (Lipinski definition) is 0. The molecule has 1 aromatic heterocycles. The Bertz CT molecular complexity index is 871. The minimum absolute atomic E-state index is 0. The molecule has 5 heteroatoms. The molecule has 1 aliphatic heterocycles. The van der Waals surface area contributed by atoms with E-state index in [2.05, 4.69) is 62.9 Å². The average Bonchev–Trinajstić information content (AvgIpc) is 3.09. The zero-order valence-electron chi connectivity index (χ0n) is 17.8. The van der Waals surface area contributed by atoms with E-state index in [0.29, 0.717) is 0 Å². The van der Waals surface area contributed by atoms with E-state index >= 15 is 0 Å². The van der Waals surface area contributed by atoms with Gasteiger partial charge < -0.3 is 9.47 Å². The molecule has 3 aromatic rings. The lowest BCUT2D eigenvalue weighted by Crippen LogP contribution is -2.50. The van der Waals surface area contributed by atoms with Crippen LogP contribution in [-0.2, 0) is 6.54 Å². The SMILES string of the molecule is Cl.Cl.c1ccc2c(c1)c1ccccc1n2CCCN1CCN(C2CCCCC2)CC1. The van der Waals surface area contributed by atoms with E-state index in [-0.39, 0.29) is 24.8 Å². The molecule has 1 saturated carbocycles. The lowest BCUT2D eigenvalue weighted by molar-refractivity contribution is 0.0780. The molecule has 2 heterocycles. The van der Waals surface area contributed by atoms with Crippen LogP contribution < -0.4 is 0 Å². The molecule has 2 aromatic carbocycles. The number of nitrogens with zero attached hydrogens (tertiary/aromatic N) is 3. The molecule has 2 aliphatic rings. The van der Waals surface area contributed by atoms with E-state index in [9.17, 15) is 0 Å². The van der Waals surface area contributed by atoms with Gasteiger partial charge in [0.2, 0.25) is 0 Å². The van der Waals surface area contributed by atoms with Gasteiger partial charge in [-0.2, -0.15) is 0 Å². The number of fused-ring (bicyclic) bond motifs is 3. The van der Waals surface area contributed by atoms with Gasteiger partial charge in [-0.15, -0.1) is 24.8 Å². The fourth-order valence-electron chi connectivity index (χ4n) is 5.49. The Balaban J connectivity index is 0.00000128. The van der Waals surface area contributed by atoms with Crippen molar-refractivity contribution < 1.29 is 0 Å². The summed E-state index contributed by atoms with van der Waals surface area (Å²) >= 11 is 0. The lowest BCUT2D eigenvalue weighted by Gasteiger charge is -2.40. The summed E-state index contributed by atoms with van der Waals surface area (Å²) in [6, 6.07) is 18.6. The third kappa shape index (κ3) is 4.80. The Labute approximate surface area is 193 Å². The number of hydrogen-bond acceptors (Lipinski definition) is 2. The molecule has 0 amide bonds. The van der Waals surface area contributed by atoms with Crippen molar-refractivity contribution in [3.63, 3.8) is 0 Å². The molecule has 2 fully saturated rings. The van der Waals surface area contributed by atoms with Crippen molar-refractivity contribution in [3.05, 3.63) is 48.5 Å². The van der Waals surface area contributed by atoms with Gasteiger partial charge in [0.15, 0.2) is 0 Å². The second-order valence-electron chi connectivity index (χ2n) is 8.71. The predicted molar refractivity (Wildman–Crippen MR) is 133 cm³/mol. The summed E-state index contributed by atoms with van der Waals surface area (Å²) in [5.41, 5.74) is 2.76. The second kappa shape index (κ2) is 10.9. The lowest BCUT2D eigenvalue weighted by atomic mass is 9.94. The van der Waals surface area contributed by atoms with Crippen molar-refractivity contribution >= 4 is 46.6 Å². The summed E-state index contributed by atoms with van der Waals surface area (Å²) in [5, 5.41) is 2.78. The van der Waals surface area contributed by atoms with E-state index in [0.717, 1.165) is 12.6 Å². The van der Waals surface area contributed by atoms with Gasteiger partial charge in [-0.1, -0.05) is 55.7 Å². The van der Waals surface area contributed by atoms with E-state index in [1.165, 1.54) is 93.1 Å². The maximum absolute atomic E-state index is 2.78. The highest BCUT2D eigenvalue weighted by atomic mass is 35.5. The Morgan fingerprint density at radius 2 is 1.23 bits per heavy atom. The molecule has 0 atom stereocenters. The van der Waals surface area contributed by atoms with Crippen LogP contribution in [0, 0.1) is 0 Å². The summed E-state index contributed by atoms with van der Waals surface area (Å²) in [6.45, 7) is 7.39. The van der Waals surface area contributed by atoms with Gasteiger partial charge in [0.25, 0.3) is 0 Å². The molecule has 0 N–H and O–H groups in total. The Morgan fingerprint density at radius 3 is 1.83 bits per heavy atom. The topological polar surface area (TPSA) is 11.4 Å². The molecule has 0 spiro atoms. The third-order valence-corrected chi connectivity index (χ3v) is 7.03. The maximum atomic E-state index is 2.78. The molecule has 0 bridgehead atoms. The van der Waals surface area contributed by atoms with Gasteiger partial charge in [-0.05, 0) is 37.9 Å². The van der Waals surface area contributed by atoms with Gasteiger partial charge in [0, 0.05) is 60.6 Å². The van der Waals surface area contributed by atoms with Crippen LogP contribution in [0.15, 0.2) is 48.5 Å². The van der Waals surface area contributed by atoms with E-state index in [1.54, 1.807) is 0 Å². The van der Waals surface area contributed by atoms with Crippen molar-refractivity contribution in [3.8, 4) is 0 Å². The smallest absolute Gasteiger partial charge is 0.0491 e. The van der Waals surface area contributed by atoms with Gasteiger partial charge >= 0.3 is 0 Å². The van der Waals surface area contributed by atoms with Gasteiger partial charge in [0.1, 0.15) is 0 Å². The third-order valence-electron chi connectivity index (χ3n) is 7.03. The molecule has 0 unspecified atom stereocenters. The van der Waals surface area contributed by atoms with Gasteiger partial charge in [-0.3, -0.25) is 4.90 Å². The Morgan fingerprint density at radius 1 is 0.667 bits per heavy atom. The fourth-order valence-corrected chi connectivity index (χ4v) is 5.49. The van der Waals surface area contributed by atoms with Crippen molar-refractivity contribution in [2.45, 2.75) is 51.1 Å². The number of piperazine rings is 1.